The van der Waals surface area contributed by atoms with Gasteiger partial charge in [-0.25, -0.2) is 9.97 Å². The van der Waals surface area contributed by atoms with Crippen LogP contribution in [0.3, 0.4) is 0 Å². The third-order valence-electron chi connectivity index (χ3n) is 5.04. The summed E-state index contributed by atoms with van der Waals surface area (Å²) in [6.07, 6.45) is 6.97. The highest BCUT2D eigenvalue weighted by atomic mass is 15.2. The zero-order chi connectivity index (χ0) is 14.1. The van der Waals surface area contributed by atoms with Crippen LogP contribution in [0, 0.1) is 5.41 Å². The van der Waals surface area contributed by atoms with Gasteiger partial charge in [0.05, 0.1) is 5.52 Å². The Bertz CT molecular complexity index is 623. The quantitative estimate of drug-likeness (QED) is 0.873. The highest BCUT2D eigenvalue weighted by Gasteiger charge is 2.37. The summed E-state index contributed by atoms with van der Waals surface area (Å²) in [6, 6.07) is 8.34. The van der Waals surface area contributed by atoms with Crippen molar-refractivity contribution in [1.82, 2.24) is 15.3 Å². The minimum Gasteiger partial charge on any atom is -0.355 e. The number of nitrogens with zero attached hydrogens (tertiary/aromatic N) is 3. The molecule has 1 unspecified atom stereocenters. The lowest BCUT2D eigenvalue weighted by Crippen LogP contribution is -2.51. The van der Waals surface area contributed by atoms with Crippen LogP contribution < -0.4 is 10.2 Å². The molecule has 1 atom stereocenters. The predicted octanol–water partition coefficient (Wildman–Crippen LogP) is 2.60. The summed E-state index contributed by atoms with van der Waals surface area (Å²) >= 11 is 0. The van der Waals surface area contributed by atoms with Gasteiger partial charge < -0.3 is 10.2 Å². The van der Waals surface area contributed by atoms with Crippen LogP contribution in [0.2, 0.25) is 0 Å². The predicted molar refractivity (Wildman–Crippen MR) is 85.5 cm³/mol. The van der Waals surface area contributed by atoms with E-state index in [2.05, 4.69) is 38.4 Å². The molecule has 1 N–H and O–H groups in total. The van der Waals surface area contributed by atoms with Crippen LogP contribution in [0.1, 0.15) is 25.7 Å². The van der Waals surface area contributed by atoms with E-state index in [1.165, 1.54) is 37.6 Å². The molecule has 3 heterocycles. The van der Waals surface area contributed by atoms with Gasteiger partial charge in [-0.1, -0.05) is 12.1 Å². The van der Waals surface area contributed by atoms with E-state index in [1.54, 1.807) is 6.33 Å². The number of fused-ring (bicyclic) bond motifs is 1. The van der Waals surface area contributed by atoms with Gasteiger partial charge in [-0.15, -0.1) is 0 Å². The lowest BCUT2D eigenvalue weighted by molar-refractivity contribution is 0.173. The van der Waals surface area contributed by atoms with Gasteiger partial charge in [0.15, 0.2) is 0 Å². The third kappa shape index (κ3) is 2.38. The summed E-state index contributed by atoms with van der Waals surface area (Å²) in [5.74, 6) is 1.12. The van der Waals surface area contributed by atoms with E-state index < -0.39 is 0 Å². The summed E-state index contributed by atoms with van der Waals surface area (Å²) in [7, 11) is 0. The Labute approximate surface area is 125 Å². The number of nitrogens with one attached hydrogen (secondary N) is 1. The molecule has 1 aromatic carbocycles. The number of para-hydroxylation sites is 1. The van der Waals surface area contributed by atoms with Crippen molar-refractivity contribution in [2.75, 3.05) is 31.1 Å². The maximum atomic E-state index is 4.60. The molecule has 0 saturated carbocycles. The Hall–Kier alpha value is -1.68. The Morgan fingerprint density at radius 3 is 2.90 bits per heavy atom. The molecule has 2 aliphatic rings. The number of piperidine rings is 2. The molecular formula is C17H22N4. The van der Waals surface area contributed by atoms with E-state index in [4.69, 9.17) is 0 Å². The van der Waals surface area contributed by atoms with Crippen LogP contribution in [0.4, 0.5) is 5.82 Å². The number of hydrogen-bond donors (Lipinski definition) is 1. The molecule has 0 radical (unpaired) electrons. The SMILES string of the molecule is c1ccc2c(N3CCCC4(CCCNC4)C3)ncnc2c1. The first kappa shape index (κ1) is 13.0. The van der Waals surface area contributed by atoms with Crippen LogP contribution in [0.15, 0.2) is 30.6 Å². The largest absolute Gasteiger partial charge is 0.355 e. The van der Waals surface area contributed by atoms with Crippen molar-refractivity contribution < 1.29 is 0 Å². The van der Waals surface area contributed by atoms with Gasteiger partial charge in [0, 0.05) is 30.4 Å². The summed E-state index contributed by atoms with van der Waals surface area (Å²) < 4.78 is 0. The molecule has 0 aliphatic carbocycles. The molecule has 4 rings (SSSR count). The number of anilines is 1. The minimum atomic E-state index is 0.447. The first-order valence-corrected chi connectivity index (χ1v) is 8.02. The second-order valence-corrected chi connectivity index (χ2v) is 6.52. The van der Waals surface area contributed by atoms with Crippen LogP contribution in [-0.2, 0) is 0 Å². The molecule has 1 aromatic heterocycles. The third-order valence-corrected chi connectivity index (χ3v) is 5.04. The van der Waals surface area contributed by atoms with Crippen molar-refractivity contribution in [2.24, 2.45) is 5.41 Å². The number of benzene rings is 1. The van der Waals surface area contributed by atoms with Crippen LogP contribution in [0.25, 0.3) is 10.9 Å². The number of hydrogen-bond acceptors (Lipinski definition) is 4. The van der Waals surface area contributed by atoms with Crippen LogP contribution in [-0.4, -0.2) is 36.1 Å². The average molecular weight is 282 g/mol. The zero-order valence-electron chi connectivity index (χ0n) is 12.4. The van der Waals surface area contributed by atoms with Gasteiger partial charge in [-0.05, 0) is 44.4 Å². The fourth-order valence-corrected chi connectivity index (χ4v) is 4.01. The fourth-order valence-electron chi connectivity index (χ4n) is 4.01. The molecule has 0 amide bonds. The van der Waals surface area contributed by atoms with E-state index in [-0.39, 0.29) is 0 Å². The van der Waals surface area contributed by atoms with Crippen molar-refractivity contribution in [2.45, 2.75) is 25.7 Å². The summed E-state index contributed by atoms with van der Waals surface area (Å²) in [5.41, 5.74) is 1.49. The molecule has 2 aliphatic heterocycles. The Balaban J connectivity index is 1.68. The first-order chi connectivity index (χ1) is 10.4. The van der Waals surface area contributed by atoms with Gasteiger partial charge in [0.2, 0.25) is 0 Å². The maximum Gasteiger partial charge on any atom is 0.139 e. The van der Waals surface area contributed by atoms with Crippen molar-refractivity contribution in [3.63, 3.8) is 0 Å². The van der Waals surface area contributed by atoms with E-state index in [9.17, 15) is 0 Å². The van der Waals surface area contributed by atoms with E-state index >= 15 is 0 Å². The van der Waals surface area contributed by atoms with Gasteiger partial charge in [0.1, 0.15) is 12.1 Å². The summed E-state index contributed by atoms with van der Waals surface area (Å²) in [6.45, 7) is 4.58. The highest BCUT2D eigenvalue weighted by molar-refractivity contribution is 5.89. The second kappa shape index (κ2) is 5.26. The standard InChI is InChI=1S/C17H22N4/c1-2-6-15-14(5-1)16(20-13-19-15)21-10-4-8-17(12-21)7-3-9-18-11-17/h1-2,5-6,13,18H,3-4,7-12H2. The van der Waals surface area contributed by atoms with E-state index in [0.717, 1.165) is 31.0 Å². The van der Waals surface area contributed by atoms with Crippen molar-refractivity contribution in [1.29, 1.82) is 0 Å². The molecular weight excluding hydrogens is 260 g/mol. The smallest absolute Gasteiger partial charge is 0.139 e. The molecule has 1 spiro atoms. The Morgan fingerprint density at radius 2 is 2.00 bits per heavy atom. The lowest BCUT2D eigenvalue weighted by atomic mass is 9.74. The monoisotopic (exact) mass is 282 g/mol. The molecule has 4 nitrogen and oxygen atoms in total. The molecule has 0 bridgehead atoms. The lowest BCUT2D eigenvalue weighted by Gasteiger charge is -2.46. The number of aromatic nitrogens is 2. The van der Waals surface area contributed by atoms with Crippen molar-refractivity contribution in [3.8, 4) is 0 Å². The van der Waals surface area contributed by atoms with Crippen molar-refractivity contribution in [3.05, 3.63) is 30.6 Å². The topological polar surface area (TPSA) is 41.0 Å². The molecule has 2 saturated heterocycles. The second-order valence-electron chi connectivity index (χ2n) is 6.52. The molecule has 2 fully saturated rings. The van der Waals surface area contributed by atoms with Gasteiger partial charge in [-0.2, -0.15) is 0 Å². The first-order valence-electron chi connectivity index (χ1n) is 8.02. The van der Waals surface area contributed by atoms with Gasteiger partial charge in [0.25, 0.3) is 0 Å². The van der Waals surface area contributed by atoms with Crippen LogP contribution in [0.5, 0.6) is 0 Å². The van der Waals surface area contributed by atoms with E-state index in [0.29, 0.717) is 5.41 Å². The van der Waals surface area contributed by atoms with Crippen molar-refractivity contribution >= 4 is 16.7 Å². The Kier molecular flexibility index (Phi) is 3.26. The molecule has 4 heteroatoms. The van der Waals surface area contributed by atoms with Gasteiger partial charge in [-0.3, -0.25) is 0 Å². The van der Waals surface area contributed by atoms with Crippen LogP contribution >= 0.6 is 0 Å². The summed E-state index contributed by atoms with van der Waals surface area (Å²) in [5, 5.41) is 4.78. The molecule has 2 aromatic rings. The zero-order valence-corrected chi connectivity index (χ0v) is 12.4. The average Bonchev–Trinajstić information content (AvgIpc) is 2.55. The Morgan fingerprint density at radius 1 is 1.10 bits per heavy atom. The molecule has 21 heavy (non-hydrogen) atoms. The normalized spacial score (nSPS) is 26.4. The minimum absolute atomic E-state index is 0.447. The summed E-state index contributed by atoms with van der Waals surface area (Å²) in [4.78, 5) is 11.5. The highest BCUT2D eigenvalue weighted by Crippen LogP contribution is 2.38. The number of rotatable bonds is 1. The maximum absolute atomic E-state index is 4.60. The van der Waals surface area contributed by atoms with E-state index in [1.807, 2.05) is 6.07 Å². The van der Waals surface area contributed by atoms with Gasteiger partial charge >= 0.3 is 0 Å². The molecule has 110 valence electrons. The fraction of sp³-hybridized carbons (Fsp3) is 0.529.